The molecule has 3 aromatic rings. The predicted molar refractivity (Wildman–Crippen MR) is 64.9 cm³/mol. The van der Waals surface area contributed by atoms with E-state index in [4.69, 9.17) is 8.83 Å². The quantitative estimate of drug-likeness (QED) is 0.635. The number of rotatable bonds is 1. The topological polar surface area (TPSA) is 38.6 Å². The van der Waals surface area contributed by atoms with E-state index < -0.39 is 0 Å². The first-order valence-corrected chi connectivity index (χ1v) is 5.42. The van der Waals surface area contributed by atoms with E-state index in [-0.39, 0.29) is 5.75 Å². The van der Waals surface area contributed by atoms with Gasteiger partial charge in [0.15, 0.2) is 11.2 Å². The third kappa shape index (κ3) is 1.87. The Hall–Kier alpha value is -2.29. The summed E-state index contributed by atoms with van der Waals surface area (Å²) < 4.78 is 11.1. The van der Waals surface area contributed by atoms with Crippen LogP contribution in [0, 0.1) is 6.92 Å². The SMILES string of the molecule is Cc1cccc2o/c(=N\c3ccccc3)oc12. The lowest BCUT2D eigenvalue weighted by molar-refractivity contribution is 0.391. The molecule has 0 unspecified atom stereocenters. The Morgan fingerprint density at radius 2 is 1.71 bits per heavy atom. The summed E-state index contributed by atoms with van der Waals surface area (Å²) in [5.74, 6) is 0.278. The highest BCUT2D eigenvalue weighted by Gasteiger charge is 2.04. The van der Waals surface area contributed by atoms with Gasteiger partial charge in [-0.15, -0.1) is 0 Å². The highest BCUT2D eigenvalue weighted by Crippen LogP contribution is 2.17. The van der Waals surface area contributed by atoms with Crippen molar-refractivity contribution in [2.24, 2.45) is 4.99 Å². The van der Waals surface area contributed by atoms with Crippen LogP contribution in [0.5, 0.6) is 0 Å². The highest BCUT2D eigenvalue weighted by atomic mass is 16.5. The molecule has 0 bridgehead atoms. The zero-order chi connectivity index (χ0) is 11.7. The van der Waals surface area contributed by atoms with E-state index in [1.807, 2.05) is 55.5 Å². The molecular formula is C14H11NO2. The molecule has 0 atom stereocenters. The second-order valence-electron chi connectivity index (χ2n) is 3.82. The Morgan fingerprint density at radius 3 is 2.47 bits per heavy atom. The molecule has 1 heterocycles. The van der Waals surface area contributed by atoms with Gasteiger partial charge >= 0.3 is 5.75 Å². The van der Waals surface area contributed by atoms with Crippen LogP contribution >= 0.6 is 0 Å². The summed E-state index contributed by atoms with van der Waals surface area (Å²) in [6, 6.07) is 15.4. The molecular weight excluding hydrogens is 214 g/mol. The maximum absolute atomic E-state index is 5.57. The monoisotopic (exact) mass is 225 g/mol. The number of aryl methyl sites for hydroxylation is 1. The van der Waals surface area contributed by atoms with E-state index in [2.05, 4.69) is 4.99 Å². The molecule has 0 aliphatic rings. The molecule has 84 valence electrons. The standard InChI is InChI=1S/C14H11NO2/c1-10-6-5-9-12-13(10)17-14(16-12)15-11-7-3-2-4-8-11/h2-9H,1H3/b15-14+. The summed E-state index contributed by atoms with van der Waals surface area (Å²) in [6.07, 6.45) is 0. The predicted octanol–water partition coefficient (Wildman–Crippen LogP) is 3.57. The first-order chi connectivity index (χ1) is 8.33. The van der Waals surface area contributed by atoms with E-state index in [9.17, 15) is 0 Å². The number of benzene rings is 2. The van der Waals surface area contributed by atoms with Gasteiger partial charge in [-0.25, -0.2) is 0 Å². The Morgan fingerprint density at radius 1 is 0.882 bits per heavy atom. The second kappa shape index (κ2) is 3.94. The molecule has 0 spiro atoms. The number of nitrogens with zero attached hydrogens (tertiary/aromatic N) is 1. The van der Waals surface area contributed by atoms with E-state index >= 15 is 0 Å². The molecule has 3 nitrogen and oxygen atoms in total. The van der Waals surface area contributed by atoms with Crippen LogP contribution in [-0.4, -0.2) is 0 Å². The average Bonchev–Trinajstić information content (AvgIpc) is 2.74. The van der Waals surface area contributed by atoms with Gasteiger partial charge in [-0.3, -0.25) is 0 Å². The number of hydrogen-bond donors (Lipinski definition) is 0. The number of hydrogen-bond acceptors (Lipinski definition) is 3. The van der Waals surface area contributed by atoms with Crippen molar-refractivity contribution in [3.63, 3.8) is 0 Å². The van der Waals surface area contributed by atoms with Crippen LogP contribution < -0.4 is 5.75 Å². The Kier molecular flexibility index (Phi) is 2.29. The van der Waals surface area contributed by atoms with Gasteiger partial charge in [0.2, 0.25) is 0 Å². The third-order valence-corrected chi connectivity index (χ3v) is 2.54. The zero-order valence-electron chi connectivity index (χ0n) is 9.38. The van der Waals surface area contributed by atoms with Crippen molar-refractivity contribution in [3.05, 3.63) is 59.8 Å². The van der Waals surface area contributed by atoms with Crippen LogP contribution in [0.15, 0.2) is 62.4 Å². The summed E-state index contributed by atoms with van der Waals surface area (Å²) >= 11 is 0. The second-order valence-corrected chi connectivity index (χ2v) is 3.82. The van der Waals surface area contributed by atoms with Crippen molar-refractivity contribution < 1.29 is 8.83 Å². The molecule has 0 aliphatic carbocycles. The number of para-hydroxylation sites is 2. The molecule has 1 aromatic heterocycles. The maximum atomic E-state index is 5.57. The van der Waals surface area contributed by atoms with E-state index in [1.54, 1.807) is 0 Å². The lowest BCUT2D eigenvalue weighted by atomic mass is 10.2. The largest absolute Gasteiger partial charge is 0.407 e. The fraction of sp³-hybridized carbons (Fsp3) is 0.0714. The van der Waals surface area contributed by atoms with Crippen molar-refractivity contribution in [1.82, 2.24) is 0 Å². The van der Waals surface area contributed by atoms with Gasteiger partial charge in [0.1, 0.15) is 0 Å². The summed E-state index contributed by atoms with van der Waals surface area (Å²) in [7, 11) is 0. The fourth-order valence-electron chi connectivity index (χ4n) is 1.69. The van der Waals surface area contributed by atoms with E-state index in [0.29, 0.717) is 0 Å². The number of fused-ring (bicyclic) bond motifs is 1. The van der Waals surface area contributed by atoms with Gasteiger partial charge < -0.3 is 8.83 Å². The van der Waals surface area contributed by atoms with Crippen molar-refractivity contribution in [3.8, 4) is 0 Å². The van der Waals surface area contributed by atoms with E-state index in [1.165, 1.54) is 0 Å². The molecule has 17 heavy (non-hydrogen) atoms. The first kappa shape index (κ1) is 9.90. The normalized spacial score (nSPS) is 12.2. The molecule has 0 aliphatic heterocycles. The minimum absolute atomic E-state index is 0.278. The first-order valence-electron chi connectivity index (χ1n) is 5.42. The molecule has 3 rings (SSSR count). The summed E-state index contributed by atoms with van der Waals surface area (Å²) in [6.45, 7) is 1.98. The summed E-state index contributed by atoms with van der Waals surface area (Å²) in [5, 5.41) is 0. The molecule has 0 amide bonds. The van der Waals surface area contributed by atoms with Crippen LogP contribution in [0.3, 0.4) is 0 Å². The van der Waals surface area contributed by atoms with Crippen LogP contribution in [0.1, 0.15) is 5.56 Å². The Labute approximate surface area is 98.0 Å². The summed E-state index contributed by atoms with van der Waals surface area (Å²) in [5.41, 5.74) is 3.33. The smallest absolute Gasteiger partial charge is 0.400 e. The van der Waals surface area contributed by atoms with Crippen molar-refractivity contribution in [2.75, 3.05) is 0 Å². The minimum atomic E-state index is 0.278. The molecule has 0 fully saturated rings. The molecule has 0 radical (unpaired) electrons. The zero-order valence-corrected chi connectivity index (χ0v) is 9.38. The van der Waals surface area contributed by atoms with Crippen molar-refractivity contribution in [2.45, 2.75) is 6.92 Å². The molecule has 0 N–H and O–H groups in total. The fourth-order valence-corrected chi connectivity index (χ4v) is 1.69. The van der Waals surface area contributed by atoms with Gasteiger partial charge in [0, 0.05) is 0 Å². The Balaban J connectivity index is 2.19. The van der Waals surface area contributed by atoms with Crippen LogP contribution in [0.25, 0.3) is 11.2 Å². The van der Waals surface area contributed by atoms with Gasteiger partial charge in [-0.2, -0.15) is 4.99 Å². The molecule has 2 aromatic carbocycles. The van der Waals surface area contributed by atoms with Gasteiger partial charge in [0.05, 0.1) is 5.69 Å². The van der Waals surface area contributed by atoms with Crippen LogP contribution in [0.2, 0.25) is 0 Å². The van der Waals surface area contributed by atoms with Gasteiger partial charge in [-0.05, 0) is 30.7 Å². The van der Waals surface area contributed by atoms with Gasteiger partial charge in [0.25, 0.3) is 0 Å². The van der Waals surface area contributed by atoms with Crippen molar-refractivity contribution in [1.29, 1.82) is 0 Å². The van der Waals surface area contributed by atoms with Crippen LogP contribution in [-0.2, 0) is 0 Å². The highest BCUT2D eigenvalue weighted by molar-refractivity contribution is 5.73. The molecule has 0 saturated heterocycles. The summed E-state index contributed by atoms with van der Waals surface area (Å²) in [4.78, 5) is 4.29. The van der Waals surface area contributed by atoms with Gasteiger partial charge in [-0.1, -0.05) is 30.3 Å². The molecule has 0 saturated carbocycles. The van der Waals surface area contributed by atoms with E-state index in [0.717, 1.165) is 22.4 Å². The maximum Gasteiger partial charge on any atom is 0.400 e. The molecule has 3 heteroatoms. The van der Waals surface area contributed by atoms with Crippen LogP contribution in [0.4, 0.5) is 5.69 Å². The lowest BCUT2D eigenvalue weighted by Gasteiger charge is -1.88. The lowest BCUT2D eigenvalue weighted by Crippen LogP contribution is -1.91. The Bertz CT molecular complexity index is 708. The average molecular weight is 225 g/mol. The minimum Gasteiger partial charge on any atom is -0.407 e. The third-order valence-electron chi connectivity index (χ3n) is 2.54. The van der Waals surface area contributed by atoms with Crippen molar-refractivity contribution >= 4 is 16.9 Å².